The number of halogens is 1. The molecular weight excluding hydrogens is 315 g/mol. The lowest BCUT2D eigenvalue weighted by Gasteiger charge is -2.29. The summed E-state index contributed by atoms with van der Waals surface area (Å²) in [5.41, 5.74) is 5.97. The van der Waals surface area contributed by atoms with E-state index in [0.717, 1.165) is 41.8 Å². The van der Waals surface area contributed by atoms with Crippen molar-refractivity contribution in [3.8, 4) is 0 Å². The van der Waals surface area contributed by atoms with Gasteiger partial charge < -0.3 is 4.90 Å². The Kier molecular flexibility index (Phi) is 3.74. The molecule has 1 unspecified atom stereocenters. The van der Waals surface area contributed by atoms with Gasteiger partial charge in [0.1, 0.15) is 11.3 Å². The van der Waals surface area contributed by atoms with Gasteiger partial charge in [0.2, 0.25) is 0 Å². The highest BCUT2D eigenvalue weighted by molar-refractivity contribution is 5.92. The van der Waals surface area contributed by atoms with E-state index in [-0.39, 0.29) is 11.9 Å². The zero-order chi connectivity index (χ0) is 17.7. The molecule has 3 aromatic rings. The van der Waals surface area contributed by atoms with E-state index in [1.165, 1.54) is 17.3 Å². The molecule has 1 saturated heterocycles. The highest BCUT2D eigenvalue weighted by Crippen LogP contribution is 2.41. The van der Waals surface area contributed by atoms with E-state index in [1.54, 1.807) is 6.07 Å². The third kappa shape index (κ3) is 2.49. The van der Waals surface area contributed by atoms with Crippen molar-refractivity contribution in [2.45, 2.75) is 39.7 Å². The van der Waals surface area contributed by atoms with Gasteiger partial charge in [-0.05, 0) is 45.7 Å². The lowest BCUT2D eigenvalue weighted by Crippen LogP contribution is -2.24. The van der Waals surface area contributed by atoms with E-state index < -0.39 is 0 Å². The van der Waals surface area contributed by atoms with Crippen LogP contribution in [0.3, 0.4) is 0 Å². The molecule has 0 N–H and O–H groups in total. The molecule has 5 heteroatoms. The summed E-state index contributed by atoms with van der Waals surface area (Å²) in [6.07, 6.45) is 2.21. The highest BCUT2D eigenvalue weighted by atomic mass is 19.1. The molecular formula is C20H23FN4. The number of para-hydroxylation sites is 1. The van der Waals surface area contributed by atoms with E-state index in [1.807, 2.05) is 24.7 Å². The van der Waals surface area contributed by atoms with Gasteiger partial charge in [0.15, 0.2) is 0 Å². The van der Waals surface area contributed by atoms with Crippen LogP contribution in [0, 0.1) is 26.6 Å². The smallest absolute Gasteiger partial charge is 0.149 e. The molecule has 0 amide bonds. The summed E-state index contributed by atoms with van der Waals surface area (Å²) >= 11 is 0. The number of benzene rings is 1. The van der Waals surface area contributed by atoms with Crippen molar-refractivity contribution in [1.29, 1.82) is 0 Å². The van der Waals surface area contributed by atoms with Gasteiger partial charge in [-0.1, -0.05) is 12.1 Å². The lowest BCUT2D eigenvalue weighted by molar-refractivity contribution is 0.636. The lowest BCUT2D eigenvalue weighted by atomic mass is 10.0. The Morgan fingerprint density at radius 1 is 1.20 bits per heavy atom. The number of aryl methyl sites for hydroxylation is 3. The highest BCUT2D eigenvalue weighted by Gasteiger charge is 2.31. The summed E-state index contributed by atoms with van der Waals surface area (Å²) in [7, 11) is 1.99. The maximum Gasteiger partial charge on any atom is 0.149 e. The Hall–Kier alpha value is -2.43. The molecule has 0 bridgehead atoms. The van der Waals surface area contributed by atoms with Crippen molar-refractivity contribution < 1.29 is 4.39 Å². The molecule has 2 aromatic heterocycles. The number of fused-ring (bicyclic) bond motifs is 1. The second-order valence-corrected chi connectivity index (χ2v) is 6.98. The Labute approximate surface area is 147 Å². The summed E-state index contributed by atoms with van der Waals surface area (Å²) in [5.74, 6) is -0.257. The largest absolute Gasteiger partial charge is 0.364 e. The normalized spacial score (nSPS) is 17.6. The first-order chi connectivity index (χ1) is 12.0. The van der Waals surface area contributed by atoms with Gasteiger partial charge in [-0.3, -0.25) is 4.68 Å². The molecule has 4 nitrogen and oxygen atoms in total. The number of nitrogens with zero attached hydrogens (tertiary/aromatic N) is 4. The third-order valence-corrected chi connectivity index (χ3v) is 5.36. The van der Waals surface area contributed by atoms with Gasteiger partial charge in [-0.2, -0.15) is 5.10 Å². The second kappa shape index (κ2) is 5.83. The molecule has 1 aliphatic heterocycles. The first-order valence-corrected chi connectivity index (χ1v) is 8.80. The van der Waals surface area contributed by atoms with E-state index in [2.05, 4.69) is 34.9 Å². The van der Waals surface area contributed by atoms with E-state index in [9.17, 15) is 4.39 Å². The molecule has 0 saturated carbocycles. The molecule has 1 aromatic carbocycles. The van der Waals surface area contributed by atoms with Crippen molar-refractivity contribution in [3.63, 3.8) is 0 Å². The number of rotatable bonds is 2. The van der Waals surface area contributed by atoms with Crippen molar-refractivity contribution in [2.24, 2.45) is 7.05 Å². The fourth-order valence-corrected chi connectivity index (χ4v) is 4.18. The van der Waals surface area contributed by atoms with Gasteiger partial charge in [0, 0.05) is 41.6 Å². The van der Waals surface area contributed by atoms with Crippen molar-refractivity contribution >= 4 is 16.6 Å². The van der Waals surface area contributed by atoms with Crippen LogP contribution in [-0.2, 0) is 7.05 Å². The average molecular weight is 338 g/mol. The molecule has 0 aliphatic carbocycles. The maximum atomic E-state index is 14.3. The van der Waals surface area contributed by atoms with Crippen LogP contribution in [-0.4, -0.2) is 21.3 Å². The number of hydrogen-bond acceptors (Lipinski definition) is 3. The summed E-state index contributed by atoms with van der Waals surface area (Å²) in [6.45, 7) is 7.10. The standard InChI is InChI=1S/C20H23FN4/c1-12-11-18(15-7-5-8-16(21)20(15)22-12)25-10-6-9-17(25)19-13(2)23-24(4)14(19)3/h5,7-8,11,17H,6,9-10H2,1-4H3. The predicted molar refractivity (Wildman–Crippen MR) is 98.4 cm³/mol. The van der Waals surface area contributed by atoms with E-state index in [0.29, 0.717) is 5.52 Å². The molecule has 0 spiro atoms. The van der Waals surface area contributed by atoms with Crippen LogP contribution in [0.4, 0.5) is 10.1 Å². The fraction of sp³-hybridized carbons (Fsp3) is 0.400. The fourth-order valence-electron chi connectivity index (χ4n) is 4.18. The molecule has 4 rings (SSSR count). The van der Waals surface area contributed by atoms with Gasteiger partial charge in [-0.25, -0.2) is 9.37 Å². The van der Waals surface area contributed by atoms with Gasteiger partial charge in [0.25, 0.3) is 0 Å². The summed E-state index contributed by atoms with van der Waals surface area (Å²) in [4.78, 5) is 6.84. The zero-order valence-corrected chi connectivity index (χ0v) is 15.2. The second-order valence-electron chi connectivity index (χ2n) is 6.98. The number of anilines is 1. The number of hydrogen-bond donors (Lipinski definition) is 0. The van der Waals surface area contributed by atoms with Gasteiger partial charge in [-0.15, -0.1) is 0 Å². The zero-order valence-electron chi connectivity index (χ0n) is 15.2. The Bertz CT molecular complexity index is 960. The number of pyridine rings is 1. The summed E-state index contributed by atoms with van der Waals surface area (Å²) in [5, 5.41) is 5.48. The first-order valence-electron chi connectivity index (χ1n) is 8.80. The van der Waals surface area contributed by atoms with Crippen molar-refractivity contribution in [1.82, 2.24) is 14.8 Å². The van der Waals surface area contributed by atoms with Crippen molar-refractivity contribution in [3.05, 3.63) is 52.7 Å². The third-order valence-electron chi connectivity index (χ3n) is 5.36. The summed E-state index contributed by atoms with van der Waals surface area (Å²) < 4.78 is 16.2. The summed E-state index contributed by atoms with van der Waals surface area (Å²) in [6, 6.07) is 7.58. The average Bonchev–Trinajstić information content (AvgIpc) is 3.12. The minimum Gasteiger partial charge on any atom is -0.364 e. The predicted octanol–water partition coefficient (Wildman–Crippen LogP) is 4.37. The van der Waals surface area contributed by atoms with Crippen LogP contribution in [0.15, 0.2) is 24.3 Å². The van der Waals surface area contributed by atoms with Crippen LogP contribution in [0.25, 0.3) is 10.9 Å². The van der Waals surface area contributed by atoms with Crippen LogP contribution in [0.1, 0.15) is 41.5 Å². The first kappa shape index (κ1) is 16.1. The monoisotopic (exact) mass is 338 g/mol. The Morgan fingerprint density at radius 3 is 2.72 bits per heavy atom. The van der Waals surface area contributed by atoms with Crippen LogP contribution in [0.5, 0.6) is 0 Å². The SMILES string of the molecule is Cc1cc(N2CCCC2c2c(C)nn(C)c2C)c2cccc(F)c2n1. The van der Waals surface area contributed by atoms with Gasteiger partial charge in [0.05, 0.1) is 11.7 Å². The minimum atomic E-state index is -0.257. The molecule has 1 fully saturated rings. The molecule has 3 heterocycles. The van der Waals surface area contributed by atoms with Crippen LogP contribution < -0.4 is 4.90 Å². The minimum absolute atomic E-state index is 0.257. The Balaban J connectivity index is 1.89. The topological polar surface area (TPSA) is 34.0 Å². The van der Waals surface area contributed by atoms with Gasteiger partial charge >= 0.3 is 0 Å². The molecule has 130 valence electrons. The van der Waals surface area contributed by atoms with Crippen LogP contribution >= 0.6 is 0 Å². The number of aromatic nitrogens is 3. The maximum absolute atomic E-state index is 14.3. The van der Waals surface area contributed by atoms with Crippen molar-refractivity contribution in [2.75, 3.05) is 11.4 Å². The van der Waals surface area contributed by atoms with E-state index >= 15 is 0 Å². The molecule has 25 heavy (non-hydrogen) atoms. The van der Waals surface area contributed by atoms with Crippen LogP contribution in [0.2, 0.25) is 0 Å². The van der Waals surface area contributed by atoms with E-state index in [4.69, 9.17) is 0 Å². The molecule has 0 radical (unpaired) electrons. The quantitative estimate of drug-likeness (QED) is 0.695. The molecule has 1 aliphatic rings. The molecule has 1 atom stereocenters. The Morgan fingerprint density at radius 2 is 2.00 bits per heavy atom.